The quantitative estimate of drug-likeness (QED) is 0.896. The lowest BCUT2D eigenvalue weighted by atomic mass is 10.1. The average molecular weight is 327 g/mol. The Labute approximate surface area is 140 Å². The van der Waals surface area contributed by atoms with Crippen molar-refractivity contribution in [3.05, 3.63) is 29.6 Å². The van der Waals surface area contributed by atoms with E-state index in [4.69, 9.17) is 4.74 Å². The lowest BCUT2D eigenvalue weighted by Gasteiger charge is -2.23. The van der Waals surface area contributed by atoms with Gasteiger partial charge in [-0.15, -0.1) is 0 Å². The highest BCUT2D eigenvalue weighted by molar-refractivity contribution is 5.97. The van der Waals surface area contributed by atoms with Gasteiger partial charge in [0.1, 0.15) is 0 Å². The smallest absolute Gasteiger partial charge is 0.255 e. The molecule has 0 bridgehead atoms. The number of amides is 1. The molecule has 1 fully saturated rings. The number of hydrogen-bond acceptors (Lipinski definition) is 5. The second-order valence-corrected chi connectivity index (χ2v) is 6.35. The van der Waals surface area contributed by atoms with Gasteiger partial charge in [-0.2, -0.15) is 0 Å². The average Bonchev–Trinajstić information content (AvgIpc) is 3.05. The molecule has 2 aromatic rings. The van der Waals surface area contributed by atoms with Crippen LogP contribution in [-0.2, 0) is 11.2 Å². The van der Waals surface area contributed by atoms with Crippen LogP contribution in [0.1, 0.15) is 28.9 Å². The van der Waals surface area contributed by atoms with E-state index in [-0.39, 0.29) is 5.91 Å². The van der Waals surface area contributed by atoms with Crippen molar-refractivity contribution in [2.45, 2.75) is 25.3 Å². The van der Waals surface area contributed by atoms with Gasteiger partial charge in [-0.25, -0.2) is 9.97 Å². The molecule has 4 heterocycles. The molecule has 2 N–H and O–H groups in total. The first kappa shape index (κ1) is 15.1. The molecule has 126 valence electrons. The Hall–Kier alpha value is -2.41. The lowest BCUT2D eigenvalue weighted by molar-refractivity contribution is 0.0780. The normalized spacial score (nSPS) is 18.5. The number of hydrogen-bond donors (Lipinski definition) is 2. The Morgan fingerprint density at radius 1 is 1.38 bits per heavy atom. The largest absolute Gasteiger partial charge is 0.381 e. The number of likely N-dealkylation sites (N-methyl/N-ethyl adjacent to an activating group) is 1. The van der Waals surface area contributed by atoms with E-state index in [9.17, 15) is 4.79 Å². The third kappa shape index (κ3) is 2.87. The molecule has 2 aliphatic rings. The van der Waals surface area contributed by atoms with E-state index < -0.39 is 0 Å². The summed E-state index contributed by atoms with van der Waals surface area (Å²) in [4.78, 5) is 26.3. The highest BCUT2D eigenvalue weighted by atomic mass is 16.5. The first-order valence-corrected chi connectivity index (χ1v) is 8.36. The lowest BCUT2D eigenvalue weighted by Crippen LogP contribution is -2.33. The van der Waals surface area contributed by atoms with E-state index >= 15 is 0 Å². The fraction of sp³-hybridized carbons (Fsp3) is 0.471. The van der Waals surface area contributed by atoms with Crippen molar-refractivity contribution in [2.24, 2.45) is 0 Å². The van der Waals surface area contributed by atoms with Gasteiger partial charge in [-0.3, -0.25) is 4.79 Å². The number of nitrogens with zero attached hydrogens (tertiary/aromatic N) is 3. The van der Waals surface area contributed by atoms with Gasteiger partial charge in [0.15, 0.2) is 0 Å². The minimum Gasteiger partial charge on any atom is -0.381 e. The summed E-state index contributed by atoms with van der Waals surface area (Å²) in [6.45, 7) is 2.29. The van der Waals surface area contributed by atoms with Crippen LogP contribution in [-0.4, -0.2) is 58.6 Å². The van der Waals surface area contributed by atoms with Crippen LogP contribution >= 0.6 is 0 Å². The minimum absolute atomic E-state index is 0.0633. The molecule has 0 unspecified atom stereocenters. The van der Waals surface area contributed by atoms with Crippen molar-refractivity contribution in [3.63, 3.8) is 0 Å². The van der Waals surface area contributed by atoms with Gasteiger partial charge in [0, 0.05) is 51.2 Å². The Morgan fingerprint density at radius 3 is 3.04 bits per heavy atom. The maximum Gasteiger partial charge on any atom is 0.255 e. The highest BCUT2D eigenvalue weighted by Gasteiger charge is 2.24. The number of ether oxygens (including phenoxy) is 1. The first-order valence-electron chi connectivity index (χ1n) is 8.36. The number of carbonyl (C=O) groups is 1. The van der Waals surface area contributed by atoms with Crippen molar-refractivity contribution in [2.75, 3.05) is 32.1 Å². The van der Waals surface area contributed by atoms with E-state index in [1.807, 2.05) is 19.2 Å². The molecule has 1 saturated heterocycles. The SMILES string of the molecule is CN1CCc2[nH]c(-c3ccnc(NC4CCOCC4)n3)cc2C1=O. The number of carbonyl (C=O) groups excluding carboxylic acids is 1. The van der Waals surface area contributed by atoms with Gasteiger partial charge < -0.3 is 19.9 Å². The molecule has 7 nitrogen and oxygen atoms in total. The van der Waals surface area contributed by atoms with Crippen LogP contribution in [0.2, 0.25) is 0 Å². The van der Waals surface area contributed by atoms with Crippen molar-refractivity contribution in [3.8, 4) is 11.4 Å². The number of H-pyrrole nitrogens is 1. The molecule has 24 heavy (non-hydrogen) atoms. The molecule has 4 rings (SSSR count). The van der Waals surface area contributed by atoms with Crippen molar-refractivity contribution in [1.82, 2.24) is 19.9 Å². The monoisotopic (exact) mass is 327 g/mol. The third-order valence-corrected chi connectivity index (χ3v) is 4.66. The summed E-state index contributed by atoms with van der Waals surface area (Å²) in [7, 11) is 1.83. The van der Waals surface area contributed by atoms with Crippen molar-refractivity contribution >= 4 is 11.9 Å². The second-order valence-electron chi connectivity index (χ2n) is 6.35. The summed E-state index contributed by atoms with van der Waals surface area (Å²) in [6, 6.07) is 4.11. The predicted octanol–water partition coefficient (Wildman–Crippen LogP) is 1.69. The van der Waals surface area contributed by atoms with Crippen LogP contribution in [0.4, 0.5) is 5.95 Å². The standard InChI is InChI=1S/C17H21N5O2/c1-22-7-3-13-12(16(22)23)10-15(20-13)14-2-6-18-17(21-14)19-11-4-8-24-9-5-11/h2,6,10-11,20H,3-5,7-9H2,1H3,(H,18,19,21). The van der Waals surface area contributed by atoms with Gasteiger partial charge in [0.05, 0.1) is 17.0 Å². The molecule has 0 aliphatic carbocycles. The topological polar surface area (TPSA) is 83.1 Å². The summed E-state index contributed by atoms with van der Waals surface area (Å²) in [5, 5.41) is 3.38. The molecule has 0 saturated carbocycles. The molecule has 2 aliphatic heterocycles. The zero-order valence-electron chi connectivity index (χ0n) is 13.7. The van der Waals surface area contributed by atoms with Gasteiger partial charge >= 0.3 is 0 Å². The Bertz CT molecular complexity index is 751. The van der Waals surface area contributed by atoms with Crippen molar-refractivity contribution < 1.29 is 9.53 Å². The molecule has 0 radical (unpaired) electrons. The maximum absolute atomic E-state index is 12.2. The van der Waals surface area contributed by atoms with E-state index in [2.05, 4.69) is 20.3 Å². The Balaban J connectivity index is 1.57. The van der Waals surface area contributed by atoms with E-state index in [1.54, 1.807) is 11.1 Å². The van der Waals surface area contributed by atoms with Gasteiger partial charge in [-0.1, -0.05) is 0 Å². The summed E-state index contributed by atoms with van der Waals surface area (Å²) < 4.78 is 5.37. The number of rotatable bonds is 3. The number of aromatic amines is 1. The van der Waals surface area contributed by atoms with E-state index in [1.165, 1.54) is 0 Å². The van der Waals surface area contributed by atoms with Crippen molar-refractivity contribution in [1.29, 1.82) is 0 Å². The molecule has 7 heteroatoms. The molecular weight excluding hydrogens is 306 g/mol. The van der Waals surface area contributed by atoms with Crippen LogP contribution < -0.4 is 5.32 Å². The highest BCUT2D eigenvalue weighted by Crippen LogP contribution is 2.25. The van der Waals surface area contributed by atoms with Crippen LogP contribution in [0.5, 0.6) is 0 Å². The molecular formula is C17H21N5O2. The number of anilines is 1. The van der Waals surface area contributed by atoms with Crippen LogP contribution in [0.25, 0.3) is 11.4 Å². The molecule has 0 spiro atoms. The number of fused-ring (bicyclic) bond motifs is 1. The summed E-state index contributed by atoms with van der Waals surface area (Å²) in [5.41, 5.74) is 3.40. The Morgan fingerprint density at radius 2 is 2.21 bits per heavy atom. The van der Waals surface area contributed by atoms with E-state index in [0.717, 1.165) is 61.7 Å². The molecule has 2 aromatic heterocycles. The third-order valence-electron chi connectivity index (χ3n) is 4.66. The predicted molar refractivity (Wildman–Crippen MR) is 89.9 cm³/mol. The number of nitrogens with one attached hydrogen (secondary N) is 2. The van der Waals surface area contributed by atoms with Gasteiger partial charge in [-0.05, 0) is 25.0 Å². The molecule has 0 atom stereocenters. The fourth-order valence-electron chi connectivity index (χ4n) is 3.21. The summed E-state index contributed by atoms with van der Waals surface area (Å²) in [6.07, 6.45) is 4.52. The van der Waals surface area contributed by atoms with Crippen LogP contribution in [0.15, 0.2) is 18.3 Å². The van der Waals surface area contributed by atoms with Crippen LogP contribution in [0.3, 0.4) is 0 Å². The van der Waals surface area contributed by atoms with Crippen LogP contribution in [0, 0.1) is 0 Å². The first-order chi connectivity index (χ1) is 11.7. The second kappa shape index (κ2) is 6.24. The zero-order chi connectivity index (χ0) is 16.5. The number of aromatic nitrogens is 3. The Kier molecular flexibility index (Phi) is 3.93. The maximum atomic E-state index is 12.2. The summed E-state index contributed by atoms with van der Waals surface area (Å²) >= 11 is 0. The fourth-order valence-corrected chi connectivity index (χ4v) is 3.21. The van der Waals surface area contributed by atoms with E-state index in [0.29, 0.717) is 12.0 Å². The van der Waals surface area contributed by atoms with Gasteiger partial charge in [0.2, 0.25) is 5.95 Å². The summed E-state index contributed by atoms with van der Waals surface area (Å²) in [5.74, 6) is 0.684. The minimum atomic E-state index is 0.0633. The molecule has 1 amide bonds. The zero-order valence-corrected chi connectivity index (χ0v) is 13.7. The van der Waals surface area contributed by atoms with Gasteiger partial charge in [0.25, 0.3) is 5.91 Å². The molecule has 0 aromatic carbocycles.